The molecule has 4 nitrogen and oxygen atoms in total. The van der Waals surface area contributed by atoms with E-state index >= 15 is 0 Å². The summed E-state index contributed by atoms with van der Waals surface area (Å²) in [6.07, 6.45) is 1.21. The van der Waals surface area contributed by atoms with Crippen molar-refractivity contribution in [3.63, 3.8) is 0 Å². The second-order valence-corrected chi connectivity index (χ2v) is 7.40. The minimum absolute atomic E-state index is 0.180. The van der Waals surface area contributed by atoms with Crippen LogP contribution in [-0.2, 0) is 9.84 Å². The van der Waals surface area contributed by atoms with Crippen LogP contribution in [0, 0.1) is 12.3 Å². The molecule has 1 fully saturated rings. The van der Waals surface area contributed by atoms with Crippen molar-refractivity contribution in [1.29, 1.82) is 0 Å². The van der Waals surface area contributed by atoms with Crippen molar-refractivity contribution < 1.29 is 13.5 Å². The molecule has 0 bridgehead atoms. The Morgan fingerprint density at radius 1 is 1.33 bits per heavy atom. The molecule has 1 aliphatic rings. The molecule has 1 aliphatic carbocycles. The maximum absolute atomic E-state index is 11.8. The van der Waals surface area contributed by atoms with Gasteiger partial charge < -0.3 is 10.8 Å². The third-order valence-corrected chi connectivity index (χ3v) is 5.62. The quantitative estimate of drug-likeness (QED) is 0.831. The highest BCUT2D eigenvalue weighted by Gasteiger charge is 2.68. The summed E-state index contributed by atoms with van der Waals surface area (Å²) in [5.74, 6) is -0.192. The van der Waals surface area contributed by atoms with Crippen LogP contribution in [0.4, 0.5) is 0 Å². The van der Waals surface area contributed by atoms with Crippen molar-refractivity contribution in [3.05, 3.63) is 35.4 Å². The van der Waals surface area contributed by atoms with Crippen LogP contribution >= 0.6 is 0 Å². The molecule has 0 aliphatic heterocycles. The van der Waals surface area contributed by atoms with Gasteiger partial charge in [0.2, 0.25) is 0 Å². The number of hydrogen-bond donors (Lipinski definition) is 2. The summed E-state index contributed by atoms with van der Waals surface area (Å²) < 4.78 is 23.6. The van der Waals surface area contributed by atoms with Crippen molar-refractivity contribution >= 4 is 9.84 Å². The van der Waals surface area contributed by atoms with Gasteiger partial charge in [-0.25, -0.2) is 8.42 Å². The summed E-state index contributed by atoms with van der Waals surface area (Å²) in [5, 5.41) is 8.97. The highest BCUT2D eigenvalue weighted by Crippen LogP contribution is 2.61. The predicted molar refractivity (Wildman–Crippen MR) is 71.1 cm³/mol. The average molecular weight is 269 g/mol. The van der Waals surface area contributed by atoms with E-state index in [1.807, 2.05) is 31.2 Å². The third-order valence-electron chi connectivity index (χ3n) is 3.95. The van der Waals surface area contributed by atoms with Crippen LogP contribution in [0.25, 0.3) is 0 Å². The fourth-order valence-electron chi connectivity index (χ4n) is 2.90. The summed E-state index contributed by atoms with van der Waals surface area (Å²) >= 11 is 0. The van der Waals surface area contributed by atoms with Crippen LogP contribution in [0.1, 0.15) is 17.0 Å². The Morgan fingerprint density at radius 3 is 2.22 bits per heavy atom. The maximum Gasteiger partial charge on any atom is 0.151 e. The van der Waals surface area contributed by atoms with E-state index in [4.69, 9.17) is 5.73 Å². The zero-order valence-corrected chi connectivity index (χ0v) is 11.4. The average Bonchev–Trinajstić information content (AvgIpc) is 3.00. The van der Waals surface area contributed by atoms with Gasteiger partial charge in [-0.05, 0) is 12.5 Å². The van der Waals surface area contributed by atoms with Gasteiger partial charge in [0.25, 0.3) is 0 Å². The molecule has 100 valence electrons. The summed E-state index contributed by atoms with van der Waals surface area (Å²) in [7, 11) is -3.21. The zero-order chi connectivity index (χ0) is 13.6. The first kappa shape index (κ1) is 13.5. The first-order valence-electron chi connectivity index (χ1n) is 5.93. The Kier molecular flexibility index (Phi) is 3.25. The van der Waals surface area contributed by atoms with Gasteiger partial charge in [0.15, 0.2) is 9.84 Å². The highest BCUT2D eigenvalue weighted by atomic mass is 32.2. The Balaban J connectivity index is 2.41. The van der Waals surface area contributed by atoms with Gasteiger partial charge in [-0.15, -0.1) is 0 Å². The van der Waals surface area contributed by atoms with E-state index < -0.39 is 20.5 Å². The molecule has 0 heterocycles. The van der Waals surface area contributed by atoms with E-state index in [1.54, 1.807) is 0 Å². The number of aliphatic hydroxyl groups is 1. The predicted octanol–water partition coefficient (Wildman–Crippen LogP) is 0.443. The molecule has 5 heteroatoms. The Bertz CT molecular complexity index is 532. The first-order chi connectivity index (χ1) is 8.36. The number of nitrogens with two attached hydrogens (primary N) is 1. The Morgan fingerprint density at radius 2 is 1.89 bits per heavy atom. The minimum atomic E-state index is -3.21. The molecule has 1 aromatic carbocycles. The molecule has 0 radical (unpaired) electrons. The van der Waals surface area contributed by atoms with Crippen molar-refractivity contribution in [2.24, 2.45) is 11.1 Å². The van der Waals surface area contributed by atoms with Crippen LogP contribution in [-0.4, -0.2) is 38.2 Å². The molecule has 0 aromatic heterocycles. The van der Waals surface area contributed by atoms with Gasteiger partial charge in [0, 0.05) is 24.1 Å². The SMILES string of the molecule is Cc1ccc([C@H]2[C@H](S(C)(=O)=O)[C@@]2(CN)CO)cc1. The number of aryl methyl sites for hydroxylation is 1. The van der Waals surface area contributed by atoms with E-state index in [-0.39, 0.29) is 19.1 Å². The summed E-state index contributed by atoms with van der Waals surface area (Å²) in [5.41, 5.74) is 7.06. The lowest BCUT2D eigenvalue weighted by Gasteiger charge is -2.11. The van der Waals surface area contributed by atoms with E-state index in [2.05, 4.69) is 0 Å². The van der Waals surface area contributed by atoms with Gasteiger partial charge in [0.1, 0.15) is 0 Å². The Labute approximate surface area is 108 Å². The molecule has 3 N–H and O–H groups in total. The molecule has 2 rings (SSSR count). The first-order valence-corrected chi connectivity index (χ1v) is 7.88. The van der Waals surface area contributed by atoms with Gasteiger partial charge >= 0.3 is 0 Å². The monoisotopic (exact) mass is 269 g/mol. The number of sulfone groups is 1. The molecule has 0 unspecified atom stereocenters. The smallest absolute Gasteiger partial charge is 0.151 e. The summed E-state index contributed by atoms with van der Waals surface area (Å²) in [4.78, 5) is 0. The lowest BCUT2D eigenvalue weighted by molar-refractivity contribution is 0.212. The normalized spacial score (nSPS) is 31.3. The summed E-state index contributed by atoms with van der Waals surface area (Å²) in [6, 6.07) is 7.74. The molecule has 18 heavy (non-hydrogen) atoms. The van der Waals surface area contributed by atoms with E-state index in [1.165, 1.54) is 6.26 Å². The second kappa shape index (κ2) is 4.33. The standard InChI is InChI=1S/C13H19NO3S/c1-9-3-5-10(6-4-9)11-12(18(2,16)17)13(11,7-14)8-15/h3-6,11-12,15H,7-8,14H2,1-2H3/t11-,12-,13-/m0/s1. The fourth-order valence-corrected chi connectivity index (χ4v) is 4.92. The lowest BCUT2D eigenvalue weighted by atomic mass is 9.99. The van der Waals surface area contributed by atoms with Gasteiger partial charge in [-0.2, -0.15) is 0 Å². The number of benzene rings is 1. The third kappa shape index (κ3) is 1.96. The van der Waals surface area contributed by atoms with Crippen LogP contribution in [0.3, 0.4) is 0 Å². The van der Waals surface area contributed by atoms with E-state index in [9.17, 15) is 13.5 Å². The maximum atomic E-state index is 11.8. The number of rotatable bonds is 4. The minimum Gasteiger partial charge on any atom is -0.396 e. The highest BCUT2D eigenvalue weighted by molar-refractivity contribution is 7.91. The lowest BCUT2D eigenvalue weighted by Crippen LogP contribution is -2.27. The fraction of sp³-hybridized carbons (Fsp3) is 0.538. The van der Waals surface area contributed by atoms with Crippen molar-refractivity contribution in [2.75, 3.05) is 19.4 Å². The van der Waals surface area contributed by atoms with Crippen molar-refractivity contribution in [3.8, 4) is 0 Å². The molecule has 0 spiro atoms. The molecule has 1 aromatic rings. The van der Waals surface area contributed by atoms with Gasteiger partial charge in [-0.1, -0.05) is 29.8 Å². The molecule has 1 saturated carbocycles. The zero-order valence-electron chi connectivity index (χ0n) is 10.6. The topological polar surface area (TPSA) is 80.4 Å². The van der Waals surface area contributed by atoms with Crippen LogP contribution in [0.5, 0.6) is 0 Å². The molecule has 0 amide bonds. The van der Waals surface area contributed by atoms with Crippen LogP contribution < -0.4 is 5.73 Å². The molecular formula is C13H19NO3S. The molecule has 0 saturated heterocycles. The van der Waals surface area contributed by atoms with E-state index in [0.29, 0.717) is 0 Å². The molecular weight excluding hydrogens is 250 g/mol. The number of aliphatic hydroxyl groups excluding tert-OH is 1. The van der Waals surface area contributed by atoms with Gasteiger partial charge in [0.05, 0.1) is 11.9 Å². The Hall–Kier alpha value is -0.910. The summed E-state index contributed by atoms with van der Waals surface area (Å²) in [6.45, 7) is 1.96. The number of hydrogen-bond acceptors (Lipinski definition) is 4. The molecule has 3 atom stereocenters. The van der Waals surface area contributed by atoms with Crippen molar-refractivity contribution in [2.45, 2.75) is 18.1 Å². The van der Waals surface area contributed by atoms with Crippen LogP contribution in [0.2, 0.25) is 0 Å². The largest absolute Gasteiger partial charge is 0.396 e. The second-order valence-electron chi connectivity index (χ2n) is 5.23. The van der Waals surface area contributed by atoms with Crippen molar-refractivity contribution in [1.82, 2.24) is 0 Å². The van der Waals surface area contributed by atoms with E-state index in [0.717, 1.165) is 11.1 Å². The van der Waals surface area contributed by atoms with Gasteiger partial charge in [-0.3, -0.25) is 0 Å². The van der Waals surface area contributed by atoms with Crippen LogP contribution in [0.15, 0.2) is 24.3 Å².